The summed E-state index contributed by atoms with van der Waals surface area (Å²) in [6.07, 6.45) is 0. The molecule has 0 N–H and O–H groups in total. The van der Waals surface area contributed by atoms with Gasteiger partial charge in [0.15, 0.2) is 5.12 Å². The molecule has 3 nitrogen and oxygen atoms in total. The molecule has 0 saturated carbocycles. The summed E-state index contributed by atoms with van der Waals surface area (Å²) in [5, 5.41) is 0.0517. The molecule has 0 heterocycles. The molecular weight excluding hydrogens is 236 g/mol. The second-order valence-corrected chi connectivity index (χ2v) is 5.15. The van der Waals surface area contributed by atoms with Gasteiger partial charge < -0.3 is 4.74 Å². The Bertz CT molecular complexity index is 478. The van der Waals surface area contributed by atoms with E-state index in [1.54, 1.807) is 13.0 Å². The molecule has 0 aliphatic rings. The van der Waals surface area contributed by atoms with Gasteiger partial charge in [0.1, 0.15) is 5.75 Å². The standard InChI is InChI=1S/C13H16O3S/c1-7-6-12(16-10(4)14)8(2)9(3)13(7)17-11(5)15/h6H,1-5H3. The maximum absolute atomic E-state index is 11.2. The molecule has 0 aromatic heterocycles. The van der Waals surface area contributed by atoms with Crippen molar-refractivity contribution < 1.29 is 14.3 Å². The van der Waals surface area contributed by atoms with E-state index in [0.29, 0.717) is 5.75 Å². The number of carbonyl (C=O) groups is 2. The van der Waals surface area contributed by atoms with Gasteiger partial charge in [-0.25, -0.2) is 0 Å². The van der Waals surface area contributed by atoms with Crippen molar-refractivity contribution in [3.8, 4) is 5.75 Å². The molecule has 0 aliphatic carbocycles. The van der Waals surface area contributed by atoms with Crippen LogP contribution in [0.15, 0.2) is 11.0 Å². The van der Waals surface area contributed by atoms with Gasteiger partial charge in [0.05, 0.1) is 0 Å². The van der Waals surface area contributed by atoms with Crippen molar-refractivity contribution in [1.82, 2.24) is 0 Å². The Balaban J connectivity index is 3.25. The highest BCUT2D eigenvalue weighted by Crippen LogP contribution is 2.34. The summed E-state index contributed by atoms with van der Waals surface area (Å²) in [5.74, 6) is 0.235. The summed E-state index contributed by atoms with van der Waals surface area (Å²) in [5.41, 5.74) is 2.83. The van der Waals surface area contributed by atoms with Crippen molar-refractivity contribution >= 4 is 22.8 Å². The summed E-state index contributed by atoms with van der Waals surface area (Å²) in [6.45, 7) is 8.64. The second-order valence-electron chi connectivity index (χ2n) is 3.96. The number of thioether (sulfide) groups is 1. The summed E-state index contributed by atoms with van der Waals surface area (Å²) in [7, 11) is 0. The van der Waals surface area contributed by atoms with Gasteiger partial charge in [-0.05, 0) is 43.5 Å². The first-order valence-corrected chi connectivity index (χ1v) is 6.12. The molecule has 0 amide bonds. The molecule has 17 heavy (non-hydrogen) atoms. The van der Waals surface area contributed by atoms with Crippen molar-refractivity contribution in [3.63, 3.8) is 0 Å². The van der Waals surface area contributed by atoms with Crippen LogP contribution in [0.4, 0.5) is 0 Å². The first-order chi connectivity index (χ1) is 7.82. The van der Waals surface area contributed by atoms with Gasteiger partial charge in [-0.1, -0.05) is 11.8 Å². The van der Waals surface area contributed by atoms with E-state index in [4.69, 9.17) is 4.74 Å². The van der Waals surface area contributed by atoms with Crippen LogP contribution in [-0.2, 0) is 9.59 Å². The number of carbonyl (C=O) groups excluding carboxylic acids is 2. The van der Waals surface area contributed by atoms with E-state index in [1.807, 2.05) is 20.8 Å². The van der Waals surface area contributed by atoms with Gasteiger partial charge in [-0.3, -0.25) is 9.59 Å². The molecular formula is C13H16O3S. The molecule has 0 spiro atoms. The van der Waals surface area contributed by atoms with Crippen LogP contribution in [0, 0.1) is 20.8 Å². The number of hydrogen-bond donors (Lipinski definition) is 0. The molecule has 0 aliphatic heterocycles. The van der Waals surface area contributed by atoms with E-state index >= 15 is 0 Å². The third-order valence-corrected chi connectivity index (χ3v) is 3.60. The van der Waals surface area contributed by atoms with Gasteiger partial charge in [0.2, 0.25) is 0 Å². The summed E-state index contributed by atoms with van der Waals surface area (Å²) >= 11 is 1.21. The predicted molar refractivity (Wildman–Crippen MR) is 68.5 cm³/mol. The smallest absolute Gasteiger partial charge is 0.308 e. The van der Waals surface area contributed by atoms with Crippen molar-refractivity contribution in [2.75, 3.05) is 0 Å². The maximum Gasteiger partial charge on any atom is 0.308 e. The first-order valence-electron chi connectivity index (χ1n) is 5.30. The molecule has 0 bridgehead atoms. The average Bonchev–Trinajstić information content (AvgIpc) is 2.20. The van der Waals surface area contributed by atoms with Crippen LogP contribution < -0.4 is 4.74 Å². The Labute approximate surface area is 106 Å². The largest absolute Gasteiger partial charge is 0.426 e. The van der Waals surface area contributed by atoms with Gasteiger partial charge >= 0.3 is 5.97 Å². The fourth-order valence-electron chi connectivity index (χ4n) is 1.58. The normalized spacial score (nSPS) is 10.2. The minimum absolute atomic E-state index is 0.0517. The molecule has 1 rings (SSSR count). The van der Waals surface area contributed by atoms with Gasteiger partial charge in [-0.2, -0.15) is 0 Å². The van der Waals surface area contributed by atoms with Crippen LogP contribution in [0.2, 0.25) is 0 Å². The van der Waals surface area contributed by atoms with Crippen molar-refractivity contribution in [2.45, 2.75) is 39.5 Å². The lowest BCUT2D eigenvalue weighted by Crippen LogP contribution is -2.05. The monoisotopic (exact) mass is 252 g/mol. The van der Waals surface area contributed by atoms with Crippen molar-refractivity contribution in [2.24, 2.45) is 0 Å². The molecule has 1 aromatic rings. The zero-order valence-electron chi connectivity index (χ0n) is 10.7. The number of hydrogen-bond acceptors (Lipinski definition) is 4. The predicted octanol–water partition coefficient (Wildman–Crippen LogP) is 3.18. The Morgan fingerprint density at radius 1 is 1.12 bits per heavy atom. The van der Waals surface area contributed by atoms with Crippen LogP contribution in [0.5, 0.6) is 5.75 Å². The van der Waals surface area contributed by atoms with E-state index in [2.05, 4.69) is 0 Å². The highest BCUT2D eigenvalue weighted by Gasteiger charge is 2.14. The van der Waals surface area contributed by atoms with Crippen molar-refractivity contribution in [3.05, 3.63) is 22.8 Å². The number of esters is 1. The number of rotatable bonds is 2. The highest BCUT2D eigenvalue weighted by molar-refractivity contribution is 8.13. The SMILES string of the molecule is CC(=O)Oc1cc(C)c(SC(C)=O)c(C)c1C. The van der Waals surface area contributed by atoms with Crippen LogP contribution in [0.1, 0.15) is 30.5 Å². The fraction of sp³-hybridized carbons (Fsp3) is 0.385. The molecule has 0 unspecified atom stereocenters. The first kappa shape index (κ1) is 13.8. The van der Waals surface area contributed by atoms with Crippen LogP contribution in [0.3, 0.4) is 0 Å². The molecule has 0 fully saturated rings. The van der Waals surface area contributed by atoms with E-state index in [-0.39, 0.29) is 11.1 Å². The quantitative estimate of drug-likeness (QED) is 0.460. The zero-order valence-corrected chi connectivity index (χ0v) is 11.5. The van der Waals surface area contributed by atoms with E-state index < -0.39 is 0 Å². The topological polar surface area (TPSA) is 43.4 Å². The van der Waals surface area contributed by atoms with Crippen LogP contribution in [-0.4, -0.2) is 11.1 Å². The molecule has 0 atom stereocenters. The van der Waals surface area contributed by atoms with Crippen LogP contribution >= 0.6 is 11.8 Å². The van der Waals surface area contributed by atoms with Crippen molar-refractivity contribution in [1.29, 1.82) is 0 Å². The molecule has 0 saturated heterocycles. The minimum atomic E-state index is -0.334. The number of aryl methyl sites for hydroxylation is 1. The molecule has 1 aromatic carbocycles. The van der Waals surface area contributed by atoms with Gasteiger partial charge in [0.25, 0.3) is 0 Å². The molecule has 4 heteroatoms. The molecule has 92 valence electrons. The third-order valence-electron chi connectivity index (χ3n) is 2.48. The Hall–Kier alpha value is -1.29. The van der Waals surface area contributed by atoms with E-state index in [9.17, 15) is 9.59 Å². The second kappa shape index (κ2) is 5.36. The Morgan fingerprint density at radius 3 is 2.18 bits per heavy atom. The fourth-order valence-corrected chi connectivity index (χ4v) is 2.40. The van der Waals surface area contributed by atoms with Gasteiger partial charge in [-0.15, -0.1) is 0 Å². The van der Waals surface area contributed by atoms with E-state index in [1.165, 1.54) is 18.7 Å². The van der Waals surface area contributed by atoms with Crippen LogP contribution in [0.25, 0.3) is 0 Å². The zero-order chi connectivity index (χ0) is 13.2. The highest BCUT2D eigenvalue weighted by atomic mass is 32.2. The summed E-state index contributed by atoms with van der Waals surface area (Å²) in [4.78, 5) is 23.1. The van der Waals surface area contributed by atoms with Gasteiger partial charge in [0, 0.05) is 18.7 Å². The third kappa shape index (κ3) is 3.33. The lowest BCUT2D eigenvalue weighted by Gasteiger charge is -2.14. The van der Waals surface area contributed by atoms with E-state index in [0.717, 1.165) is 21.6 Å². The number of benzene rings is 1. The maximum atomic E-state index is 11.2. The Morgan fingerprint density at radius 2 is 1.71 bits per heavy atom. The Kier molecular flexibility index (Phi) is 4.34. The minimum Gasteiger partial charge on any atom is -0.426 e. The lowest BCUT2D eigenvalue weighted by molar-refractivity contribution is -0.131. The number of ether oxygens (including phenoxy) is 1. The summed E-state index contributed by atoms with van der Waals surface area (Å²) in [6, 6.07) is 1.80. The molecule has 0 radical (unpaired) electrons. The average molecular weight is 252 g/mol. The lowest BCUT2D eigenvalue weighted by atomic mass is 10.1. The summed E-state index contributed by atoms with van der Waals surface area (Å²) < 4.78 is 5.13.